The van der Waals surface area contributed by atoms with E-state index in [2.05, 4.69) is 57.2 Å². The Bertz CT molecular complexity index is 1500. The summed E-state index contributed by atoms with van der Waals surface area (Å²) in [7, 11) is -1.34. The molecule has 0 bridgehead atoms. The van der Waals surface area contributed by atoms with Crippen LogP contribution in [0, 0.1) is 69.5 Å². The topological polar surface area (TPSA) is 35.5 Å². The zero-order valence-corrected chi connectivity index (χ0v) is 28.7. The maximum atomic E-state index is 13.8. The van der Waals surface area contributed by atoms with E-state index in [1.54, 1.807) is 0 Å². The number of hydrogen-bond donors (Lipinski definition) is 0. The summed E-state index contributed by atoms with van der Waals surface area (Å²) in [6.45, 7) is 9.45. The Morgan fingerprint density at radius 2 is 1.15 bits per heavy atom. The van der Waals surface area contributed by atoms with Crippen molar-refractivity contribution in [2.75, 3.05) is 0 Å². The summed E-state index contributed by atoms with van der Waals surface area (Å²) >= 11 is 0. The van der Waals surface area contributed by atoms with Gasteiger partial charge in [0.05, 0.1) is 16.0 Å². The molecule has 5 heteroatoms. The van der Waals surface area contributed by atoms with Gasteiger partial charge in [-0.2, -0.15) is 0 Å². The number of rotatable bonds is 9. The van der Waals surface area contributed by atoms with E-state index < -0.39 is 10.8 Å². The van der Waals surface area contributed by atoms with Crippen molar-refractivity contribution in [3.8, 4) is 11.5 Å². The SMILES string of the molecule is Cc1ccc([S@](=O)[C]2[CH][CH][CH][C]2c2cc(OCc3ccccc3)c(C(C)(C)C)cc2OCc2ccccc2)cc1.[CH]1[CH][CH][CH][CH]1.[Fe+2]. The van der Waals surface area contributed by atoms with Crippen molar-refractivity contribution in [1.29, 1.82) is 0 Å². The van der Waals surface area contributed by atoms with E-state index in [9.17, 15) is 4.21 Å². The first-order valence-electron chi connectivity index (χ1n) is 15.2. The van der Waals surface area contributed by atoms with Crippen LogP contribution < -0.4 is 9.47 Å². The normalized spacial score (nSPS) is 15.8. The first-order chi connectivity index (χ1) is 21.8. The monoisotopic (exact) mass is 668 g/mol. The molecular formula is C41H40FeO3S+2. The fourth-order valence-electron chi connectivity index (χ4n) is 4.96. The van der Waals surface area contributed by atoms with Gasteiger partial charge >= 0.3 is 17.1 Å². The van der Waals surface area contributed by atoms with Crippen molar-refractivity contribution in [3.63, 3.8) is 0 Å². The third kappa shape index (κ3) is 9.83. The van der Waals surface area contributed by atoms with Crippen LogP contribution >= 0.6 is 0 Å². The molecular weight excluding hydrogens is 628 g/mol. The molecule has 234 valence electrons. The molecule has 2 aliphatic rings. The molecule has 2 fully saturated rings. The van der Waals surface area contributed by atoms with Gasteiger partial charge in [0, 0.05) is 21.9 Å². The van der Waals surface area contributed by atoms with Crippen LogP contribution in [0.25, 0.3) is 0 Å². The van der Waals surface area contributed by atoms with E-state index in [1.807, 2.05) is 119 Å². The van der Waals surface area contributed by atoms with Crippen LogP contribution in [0.2, 0.25) is 0 Å². The third-order valence-corrected chi connectivity index (χ3v) is 8.88. The van der Waals surface area contributed by atoms with Crippen LogP contribution in [-0.4, -0.2) is 4.21 Å². The molecule has 46 heavy (non-hydrogen) atoms. The van der Waals surface area contributed by atoms with Crippen molar-refractivity contribution >= 4 is 10.8 Å². The largest absolute Gasteiger partial charge is 2.00 e. The fraction of sp³-hybridized carbons (Fsp3) is 0.171. The first-order valence-corrected chi connectivity index (χ1v) is 16.4. The van der Waals surface area contributed by atoms with E-state index in [4.69, 9.17) is 9.47 Å². The minimum Gasteiger partial charge on any atom is -0.489 e. The maximum absolute atomic E-state index is 13.8. The molecule has 0 aliphatic heterocycles. The van der Waals surface area contributed by atoms with E-state index in [0.29, 0.717) is 13.2 Å². The zero-order valence-electron chi connectivity index (χ0n) is 26.8. The van der Waals surface area contributed by atoms with Crippen LogP contribution in [0.15, 0.2) is 102 Å². The molecule has 0 aromatic heterocycles. The second kappa shape index (κ2) is 17.3. The zero-order chi connectivity index (χ0) is 31.6. The maximum Gasteiger partial charge on any atom is 2.00 e. The number of aryl methyl sites for hydroxylation is 1. The van der Waals surface area contributed by atoms with Crippen LogP contribution in [0.5, 0.6) is 11.5 Å². The molecule has 4 aromatic rings. The van der Waals surface area contributed by atoms with Gasteiger partial charge in [0.1, 0.15) is 24.7 Å². The molecule has 0 N–H and O–H groups in total. The molecule has 0 heterocycles. The van der Waals surface area contributed by atoms with Crippen molar-refractivity contribution in [2.45, 2.75) is 51.2 Å². The van der Waals surface area contributed by atoms with Gasteiger partial charge < -0.3 is 9.47 Å². The molecule has 0 saturated heterocycles. The van der Waals surface area contributed by atoms with Gasteiger partial charge in [0.2, 0.25) is 0 Å². The van der Waals surface area contributed by atoms with Gasteiger partial charge in [-0.15, -0.1) is 0 Å². The summed E-state index contributed by atoms with van der Waals surface area (Å²) in [4.78, 5) is 0.775. The van der Waals surface area contributed by atoms with Crippen molar-refractivity contribution in [3.05, 3.63) is 187 Å². The van der Waals surface area contributed by atoms with Crippen molar-refractivity contribution < 1.29 is 30.8 Å². The number of hydrogen-bond acceptors (Lipinski definition) is 3. The number of benzene rings is 4. The van der Waals surface area contributed by atoms with E-state index >= 15 is 0 Å². The fourth-order valence-corrected chi connectivity index (χ4v) is 6.18. The smallest absolute Gasteiger partial charge is 0.489 e. The van der Waals surface area contributed by atoms with Crippen LogP contribution in [0.4, 0.5) is 0 Å². The van der Waals surface area contributed by atoms with Gasteiger partial charge in [-0.1, -0.05) is 99.1 Å². The Balaban J connectivity index is 0.000000731. The van der Waals surface area contributed by atoms with E-state index in [-0.39, 0.29) is 22.5 Å². The van der Waals surface area contributed by atoms with Crippen LogP contribution in [-0.2, 0) is 46.5 Å². The predicted octanol–water partition coefficient (Wildman–Crippen LogP) is 9.36. The van der Waals surface area contributed by atoms with Crippen molar-refractivity contribution in [1.82, 2.24) is 0 Å². The molecule has 1 atom stereocenters. The van der Waals surface area contributed by atoms with E-state index in [0.717, 1.165) is 55.4 Å². The Kier molecular flexibility index (Phi) is 13.6. The summed E-state index contributed by atoms with van der Waals surface area (Å²) < 4.78 is 26.7. The summed E-state index contributed by atoms with van der Waals surface area (Å²) in [6, 6.07) is 32.4. The van der Waals surface area contributed by atoms with Crippen molar-refractivity contribution in [2.24, 2.45) is 0 Å². The van der Waals surface area contributed by atoms with Gasteiger partial charge in [-0.25, -0.2) is 0 Å². The molecule has 0 unspecified atom stereocenters. The Morgan fingerprint density at radius 3 is 1.67 bits per heavy atom. The summed E-state index contributed by atoms with van der Waals surface area (Å²) in [5, 5.41) is 0.755. The van der Waals surface area contributed by atoms with Gasteiger partial charge in [-0.3, -0.25) is 4.21 Å². The minimum atomic E-state index is -1.34. The minimum absolute atomic E-state index is 0. The number of ether oxygens (including phenoxy) is 2. The predicted molar refractivity (Wildman–Crippen MR) is 184 cm³/mol. The quantitative estimate of drug-likeness (QED) is 0.167. The molecule has 0 amide bonds. The van der Waals surface area contributed by atoms with Gasteiger partial charge in [-0.05, 0) is 99.1 Å². The molecule has 2 aliphatic carbocycles. The Labute approximate surface area is 290 Å². The summed E-state index contributed by atoms with van der Waals surface area (Å²) in [6.07, 6.45) is 15.9. The summed E-state index contributed by atoms with van der Waals surface area (Å²) in [5.41, 5.74) is 5.06. The van der Waals surface area contributed by atoms with E-state index in [1.165, 1.54) is 0 Å². The van der Waals surface area contributed by atoms with Gasteiger partial charge in [0.15, 0.2) is 0 Å². The van der Waals surface area contributed by atoms with Crippen LogP contribution in [0.1, 0.15) is 48.6 Å². The third-order valence-electron chi connectivity index (χ3n) is 7.42. The molecule has 2 saturated carbocycles. The first kappa shape index (κ1) is 36.0. The molecule has 10 radical (unpaired) electrons. The Hall–Kier alpha value is -2.85. The molecule has 3 nitrogen and oxygen atoms in total. The summed E-state index contributed by atoms with van der Waals surface area (Å²) in [5.74, 6) is 2.42. The second-order valence-electron chi connectivity index (χ2n) is 12.0. The molecule has 6 rings (SSSR count). The van der Waals surface area contributed by atoms with Crippen LogP contribution in [0.3, 0.4) is 0 Å². The standard InChI is InChI=1S/C36H35O3S.C5H5.Fe/c1-26-18-20-29(21-19-26)40(37)35-17-11-16-30(35)31-22-34(39-25-28-14-9-6-10-15-28)32(36(2,3)4)23-33(31)38-24-27-12-7-5-8-13-27;1-2-4-5-3-1;/h5-23H,24-25H2,1-4H3;1-5H;/q;;+2/t40-;;/m0../s1. The molecule has 0 spiro atoms. The van der Waals surface area contributed by atoms with Gasteiger partial charge in [0.25, 0.3) is 0 Å². The molecule has 4 aromatic carbocycles. The average Bonchev–Trinajstić information content (AvgIpc) is 3.80. The second-order valence-corrected chi connectivity index (χ2v) is 13.4. The Morgan fingerprint density at radius 1 is 0.630 bits per heavy atom. The average molecular weight is 669 g/mol.